The standard InChI is InChI=1S/C21H22N6OS/c1-21(2,28)8-11-4-13(22-3)5-15-14(11)6-16(25-15)19-20-17(26-27-19)7-18(29-20)12-9-23-24-10-12/h4-7,9-10,22,25,28H,8H2,1-3H3,(H,23,24)(H,26,27). The summed E-state index contributed by atoms with van der Waals surface area (Å²) >= 11 is 1.69. The van der Waals surface area contributed by atoms with E-state index in [2.05, 4.69) is 55.0 Å². The number of aromatic nitrogens is 5. The molecule has 0 fully saturated rings. The number of nitrogens with zero attached hydrogens (tertiary/aromatic N) is 2. The maximum Gasteiger partial charge on any atom is 0.126 e. The van der Waals surface area contributed by atoms with E-state index in [1.54, 1.807) is 11.3 Å². The number of anilines is 1. The van der Waals surface area contributed by atoms with E-state index in [4.69, 9.17) is 0 Å². The smallest absolute Gasteiger partial charge is 0.126 e. The van der Waals surface area contributed by atoms with Crippen molar-refractivity contribution in [3.63, 3.8) is 0 Å². The van der Waals surface area contributed by atoms with Crippen molar-refractivity contribution in [1.82, 2.24) is 25.4 Å². The number of aromatic amines is 3. The van der Waals surface area contributed by atoms with Crippen molar-refractivity contribution >= 4 is 38.1 Å². The van der Waals surface area contributed by atoms with Gasteiger partial charge < -0.3 is 15.4 Å². The van der Waals surface area contributed by atoms with Crippen LogP contribution in [0.25, 0.3) is 42.9 Å². The van der Waals surface area contributed by atoms with Gasteiger partial charge in [-0.05, 0) is 43.7 Å². The minimum Gasteiger partial charge on any atom is -0.390 e. The molecule has 4 heterocycles. The molecule has 0 spiro atoms. The number of fused-ring (bicyclic) bond motifs is 2. The summed E-state index contributed by atoms with van der Waals surface area (Å²) in [5, 5.41) is 29.3. The second kappa shape index (κ2) is 6.47. The number of aliphatic hydroxyl groups is 1. The van der Waals surface area contributed by atoms with Crippen LogP contribution in [0.3, 0.4) is 0 Å². The van der Waals surface area contributed by atoms with Gasteiger partial charge in [-0.2, -0.15) is 10.2 Å². The Morgan fingerprint density at radius 3 is 2.76 bits per heavy atom. The van der Waals surface area contributed by atoms with Crippen LogP contribution in [0.2, 0.25) is 0 Å². The van der Waals surface area contributed by atoms with Gasteiger partial charge in [0.25, 0.3) is 0 Å². The second-order valence-electron chi connectivity index (χ2n) is 7.93. The van der Waals surface area contributed by atoms with Crippen molar-refractivity contribution in [3.8, 4) is 21.8 Å². The van der Waals surface area contributed by atoms with Crippen molar-refractivity contribution in [2.45, 2.75) is 25.9 Å². The molecule has 0 aliphatic carbocycles. The lowest BCUT2D eigenvalue weighted by atomic mass is 9.95. The minimum absolute atomic E-state index is 0.565. The fourth-order valence-electron chi connectivity index (χ4n) is 3.72. The number of nitrogens with one attached hydrogen (secondary N) is 4. The summed E-state index contributed by atoms with van der Waals surface area (Å²) in [7, 11) is 1.90. The van der Waals surface area contributed by atoms with Crippen molar-refractivity contribution in [2.75, 3.05) is 12.4 Å². The van der Waals surface area contributed by atoms with Gasteiger partial charge >= 0.3 is 0 Å². The molecule has 5 aromatic rings. The van der Waals surface area contributed by atoms with Crippen LogP contribution in [0, 0.1) is 0 Å². The van der Waals surface area contributed by atoms with Gasteiger partial charge in [-0.3, -0.25) is 10.2 Å². The largest absolute Gasteiger partial charge is 0.390 e. The van der Waals surface area contributed by atoms with Gasteiger partial charge in [0.1, 0.15) is 5.69 Å². The quantitative estimate of drug-likeness (QED) is 0.296. The van der Waals surface area contributed by atoms with Crippen molar-refractivity contribution in [3.05, 3.63) is 42.2 Å². The number of rotatable bonds is 5. The normalized spacial score (nSPS) is 12.3. The molecule has 0 atom stereocenters. The van der Waals surface area contributed by atoms with Crippen LogP contribution in [-0.2, 0) is 6.42 Å². The molecule has 1 aromatic carbocycles. The molecule has 4 aromatic heterocycles. The van der Waals surface area contributed by atoms with Gasteiger partial charge in [0.15, 0.2) is 0 Å². The fraction of sp³-hybridized carbons (Fsp3) is 0.238. The van der Waals surface area contributed by atoms with Crippen molar-refractivity contribution in [1.29, 1.82) is 0 Å². The number of hydrogen-bond donors (Lipinski definition) is 5. The summed E-state index contributed by atoms with van der Waals surface area (Å²) in [6, 6.07) is 8.41. The molecular weight excluding hydrogens is 384 g/mol. The summed E-state index contributed by atoms with van der Waals surface area (Å²) in [5.41, 5.74) is 6.27. The summed E-state index contributed by atoms with van der Waals surface area (Å²) < 4.78 is 1.10. The molecule has 29 heavy (non-hydrogen) atoms. The fourth-order valence-corrected chi connectivity index (χ4v) is 4.82. The maximum atomic E-state index is 10.4. The molecular formula is C21H22N6OS. The number of H-pyrrole nitrogens is 3. The number of thiophene rings is 1. The lowest BCUT2D eigenvalue weighted by molar-refractivity contribution is 0.0813. The SMILES string of the molecule is CNc1cc(CC(C)(C)O)c2cc(-c3n[nH]c4cc(-c5cn[nH]c5)sc34)[nH]c2c1. The average molecular weight is 407 g/mol. The molecule has 7 nitrogen and oxygen atoms in total. The lowest BCUT2D eigenvalue weighted by Crippen LogP contribution is -2.22. The van der Waals surface area contributed by atoms with E-state index in [0.29, 0.717) is 6.42 Å². The molecule has 0 aliphatic heterocycles. The topological polar surface area (TPSA) is 105 Å². The van der Waals surface area contributed by atoms with Crippen LogP contribution in [0.4, 0.5) is 5.69 Å². The second-order valence-corrected chi connectivity index (χ2v) is 8.98. The molecule has 0 saturated carbocycles. The number of benzene rings is 1. The van der Waals surface area contributed by atoms with Crippen LogP contribution < -0.4 is 5.32 Å². The van der Waals surface area contributed by atoms with Crippen molar-refractivity contribution < 1.29 is 5.11 Å². The average Bonchev–Trinajstić information content (AvgIpc) is 3.41. The van der Waals surface area contributed by atoms with E-state index in [9.17, 15) is 5.11 Å². The number of hydrogen-bond acceptors (Lipinski definition) is 5. The third-order valence-electron chi connectivity index (χ3n) is 5.01. The molecule has 5 rings (SSSR count). The highest BCUT2D eigenvalue weighted by Gasteiger charge is 2.20. The van der Waals surface area contributed by atoms with Gasteiger partial charge in [-0.25, -0.2) is 0 Å². The minimum atomic E-state index is -0.788. The van der Waals surface area contributed by atoms with Crippen molar-refractivity contribution in [2.24, 2.45) is 0 Å². The highest BCUT2D eigenvalue weighted by Crippen LogP contribution is 2.39. The van der Waals surface area contributed by atoms with E-state index >= 15 is 0 Å². The summed E-state index contributed by atoms with van der Waals surface area (Å²) in [6.07, 6.45) is 4.28. The van der Waals surface area contributed by atoms with Crippen LogP contribution in [0.5, 0.6) is 0 Å². The lowest BCUT2D eigenvalue weighted by Gasteiger charge is -2.18. The molecule has 148 valence electrons. The molecule has 8 heteroatoms. The molecule has 0 saturated heterocycles. The van der Waals surface area contributed by atoms with E-state index in [-0.39, 0.29) is 0 Å². The molecule has 0 aliphatic rings. The molecule has 0 unspecified atom stereocenters. The van der Waals surface area contributed by atoms with E-state index in [1.165, 1.54) is 0 Å². The van der Waals surface area contributed by atoms with Gasteiger partial charge in [0.05, 0.1) is 27.7 Å². The first-order valence-electron chi connectivity index (χ1n) is 9.44. The first-order chi connectivity index (χ1) is 13.9. The van der Waals surface area contributed by atoms with E-state index in [0.717, 1.165) is 54.2 Å². The predicted octanol–water partition coefficient (Wildman–Crippen LogP) is 4.52. The summed E-state index contributed by atoms with van der Waals surface area (Å²) in [4.78, 5) is 4.66. The zero-order valence-electron chi connectivity index (χ0n) is 16.4. The zero-order valence-corrected chi connectivity index (χ0v) is 17.2. The molecule has 0 bridgehead atoms. The first-order valence-corrected chi connectivity index (χ1v) is 10.3. The third kappa shape index (κ3) is 3.20. The van der Waals surface area contributed by atoms with Gasteiger partial charge in [-0.15, -0.1) is 11.3 Å². The Bertz CT molecular complexity index is 1300. The van der Waals surface area contributed by atoms with E-state index < -0.39 is 5.60 Å². The van der Waals surface area contributed by atoms with E-state index in [1.807, 2.05) is 33.3 Å². The zero-order chi connectivity index (χ0) is 20.2. The van der Waals surface area contributed by atoms with Gasteiger partial charge in [0, 0.05) is 46.7 Å². The Hall–Kier alpha value is -3.10. The highest BCUT2D eigenvalue weighted by atomic mass is 32.1. The van der Waals surface area contributed by atoms with Crippen LogP contribution >= 0.6 is 11.3 Å². The predicted molar refractivity (Wildman–Crippen MR) is 118 cm³/mol. The monoisotopic (exact) mass is 406 g/mol. The Balaban J connectivity index is 1.64. The maximum absolute atomic E-state index is 10.4. The molecule has 0 amide bonds. The molecule has 5 N–H and O–H groups in total. The van der Waals surface area contributed by atoms with Crippen LogP contribution in [0.1, 0.15) is 19.4 Å². The van der Waals surface area contributed by atoms with Gasteiger partial charge in [0.2, 0.25) is 0 Å². The summed E-state index contributed by atoms with van der Waals surface area (Å²) in [6.45, 7) is 3.66. The Labute approximate surface area is 171 Å². The van der Waals surface area contributed by atoms with Crippen LogP contribution in [-0.4, -0.2) is 43.1 Å². The van der Waals surface area contributed by atoms with Gasteiger partial charge in [-0.1, -0.05) is 0 Å². The first kappa shape index (κ1) is 18.0. The Morgan fingerprint density at radius 2 is 2.03 bits per heavy atom. The summed E-state index contributed by atoms with van der Waals surface area (Å²) in [5.74, 6) is 0. The Kier molecular flexibility index (Phi) is 4.01. The van der Waals surface area contributed by atoms with Crippen LogP contribution in [0.15, 0.2) is 36.7 Å². The highest BCUT2D eigenvalue weighted by molar-refractivity contribution is 7.22. The third-order valence-corrected chi connectivity index (χ3v) is 6.20. The molecule has 0 radical (unpaired) electrons. The Morgan fingerprint density at radius 1 is 1.17 bits per heavy atom.